The molecule has 0 amide bonds. The van der Waals surface area contributed by atoms with Crippen molar-refractivity contribution in [3.63, 3.8) is 0 Å². The molecule has 0 aromatic heterocycles. The molecule has 1 aromatic carbocycles. The van der Waals surface area contributed by atoms with Gasteiger partial charge in [0.25, 0.3) is 0 Å². The summed E-state index contributed by atoms with van der Waals surface area (Å²) in [7, 11) is 0. The van der Waals surface area contributed by atoms with E-state index in [9.17, 15) is 9.18 Å². The number of carboxylic acid groups (broad SMARTS) is 1. The topological polar surface area (TPSA) is 63.3 Å². The Balaban J connectivity index is 3.07. The molecule has 0 spiro atoms. The lowest BCUT2D eigenvalue weighted by molar-refractivity contribution is -0.137. The van der Waals surface area contributed by atoms with Crippen molar-refractivity contribution in [3.8, 4) is 0 Å². The summed E-state index contributed by atoms with van der Waals surface area (Å²) in [5, 5.41) is 9.03. The number of nitrogens with two attached hydrogens (primary N) is 1. The number of aryl methyl sites for hydroxylation is 1. The second-order valence-electron chi connectivity index (χ2n) is 4.07. The first-order valence-electron chi connectivity index (χ1n) is 5.27. The molecule has 3 nitrogen and oxygen atoms in total. The Bertz CT molecular complexity index is 422. The Morgan fingerprint density at radius 1 is 1.59 bits per heavy atom. The molecular weight excluding hydrogens is 245 g/mol. The first kappa shape index (κ1) is 13.9. The highest BCUT2D eigenvalue weighted by molar-refractivity contribution is 6.31. The molecule has 1 atom stereocenters. The maximum Gasteiger partial charge on any atom is 0.303 e. The number of aliphatic carboxylic acids is 1. The number of halogens is 2. The molecule has 1 aromatic rings. The molecule has 0 saturated carbocycles. The van der Waals surface area contributed by atoms with Crippen LogP contribution in [-0.2, 0) is 4.79 Å². The van der Waals surface area contributed by atoms with Gasteiger partial charge in [-0.25, -0.2) is 4.39 Å². The van der Waals surface area contributed by atoms with Gasteiger partial charge >= 0.3 is 5.97 Å². The third-order valence-corrected chi connectivity index (χ3v) is 3.12. The van der Waals surface area contributed by atoms with Crippen LogP contribution in [0.25, 0.3) is 0 Å². The largest absolute Gasteiger partial charge is 0.481 e. The summed E-state index contributed by atoms with van der Waals surface area (Å²) in [5.74, 6) is -1.35. The van der Waals surface area contributed by atoms with Crippen LogP contribution >= 0.6 is 11.6 Å². The molecule has 3 N–H and O–H groups in total. The van der Waals surface area contributed by atoms with Crippen LogP contribution in [-0.4, -0.2) is 11.1 Å². The highest BCUT2D eigenvalue weighted by Crippen LogP contribution is 2.30. The van der Waals surface area contributed by atoms with Gasteiger partial charge < -0.3 is 10.8 Å². The summed E-state index contributed by atoms with van der Waals surface area (Å²) in [6.07, 6.45) is 0.0957. The smallest absolute Gasteiger partial charge is 0.303 e. The molecule has 0 heterocycles. The molecule has 1 unspecified atom stereocenters. The molecule has 0 radical (unpaired) electrons. The SMILES string of the molecule is Cc1cc(Cl)c(C)c(C(N)CCC(=O)O)c1F. The zero-order valence-corrected chi connectivity index (χ0v) is 10.5. The lowest BCUT2D eigenvalue weighted by Gasteiger charge is -2.17. The van der Waals surface area contributed by atoms with Gasteiger partial charge in [0.15, 0.2) is 0 Å². The Morgan fingerprint density at radius 3 is 2.71 bits per heavy atom. The van der Waals surface area contributed by atoms with Crippen LogP contribution in [0.15, 0.2) is 6.07 Å². The molecule has 1 rings (SSSR count). The van der Waals surface area contributed by atoms with Crippen molar-refractivity contribution < 1.29 is 14.3 Å². The van der Waals surface area contributed by atoms with Crippen LogP contribution in [0, 0.1) is 19.7 Å². The van der Waals surface area contributed by atoms with Gasteiger partial charge in [-0.2, -0.15) is 0 Å². The monoisotopic (exact) mass is 259 g/mol. The highest BCUT2D eigenvalue weighted by atomic mass is 35.5. The van der Waals surface area contributed by atoms with Crippen LogP contribution < -0.4 is 5.73 Å². The molecule has 0 aliphatic rings. The quantitative estimate of drug-likeness (QED) is 0.874. The van der Waals surface area contributed by atoms with Crippen molar-refractivity contribution in [2.45, 2.75) is 32.7 Å². The van der Waals surface area contributed by atoms with Crippen LogP contribution in [0.5, 0.6) is 0 Å². The molecule has 0 saturated heterocycles. The van der Waals surface area contributed by atoms with E-state index in [-0.39, 0.29) is 12.8 Å². The zero-order chi connectivity index (χ0) is 13.2. The molecule has 0 fully saturated rings. The summed E-state index contributed by atoms with van der Waals surface area (Å²) < 4.78 is 13.9. The zero-order valence-electron chi connectivity index (χ0n) is 9.76. The predicted octanol–water partition coefficient (Wildman–Crippen LogP) is 2.96. The van der Waals surface area contributed by atoms with E-state index in [4.69, 9.17) is 22.4 Å². The molecule has 94 valence electrons. The second kappa shape index (κ2) is 5.47. The second-order valence-corrected chi connectivity index (χ2v) is 4.47. The van der Waals surface area contributed by atoms with E-state index >= 15 is 0 Å². The predicted molar refractivity (Wildman–Crippen MR) is 64.7 cm³/mol. The maximum atomic E-state index is 13.9. The Kier molecular flexibility index (Phi) is 4.48. The van der Waals surface area contributed by atoms with Gasteiger partial charge in [0.2, 0.25) is 0 Å². The van der Waals surface area contributed by atoms with E-state index in [0.717, 1.165) is 0 Å². The molecule has 17 heavy (non-hydrogen) atoms. The van der Waals surface area contributed by atoms with Crippen LogP contribution in [0.2, 0.25) is 5.02 Å². The van der Waals surface area contributed by atoms with E-state index in [1.54, 1.807) is 19.9 Å². The number of rotatable bonds is 4. The Morgan fingerprint density at radius 2 is 2.18 bits per heavy atom. The van der Waals surface area contributed by atoms with Crippen molar-refractivity contribution in [1.82, 2.24) is 0 Å². The highest BCUT2D eigenvalue weighted by Gasteiger charge is 2.19. The number of hydrogen-bond acceptors (Lipinski definition) is 2. The van der Waals surface area contributed by atoms with Gasteiger partial charge in [0.1, 0.15) is 5.82 Å². The van der Waals surface area contributed by atoms with Gasteiger partial charge in [0.05, 0.1) is 0 Å². The fraction of sp³-hybridized carbons (Fsp3) is 0.417. The average molecular weight is 260 g/mol. The van der Waals surface area contributed by atoms with Crippen molar-refractivity contribution >= 4 is 17.6 Å². The first-order valence-corrected chi connectivity index (χ1v) is 5.64. The lowest BCUT2D eigenvalue weighted by Crippen LogP contribution is -2.16. The summed E-state index contributed by atoms with van der Waals surface area (Å²) in [4.78, 5) is 10.5. The number of carboxylic acids is 1. The minimum atomic E-state index is -0.947. The summed E-state index contributed by atoms with van der Waals surface area (Å²) in [6.45, 7) is 3.29. The normalized spacial score (nSPS) is 12.5. The van der Waals surface area contributed by atoms with Gasteiger partial charge in [-0.05, 0) is 37.5 Å². The average Bonchev–Trinajstić information content (AvgIpc) is 2.24. The number of carbonyl (C=O) groups is 1. The summed E-state index contributed by atoms with van der Waals surface area (Å²) >= 11 is 5.96. The third-order valence-electron chi connectivity index (χ3n) is 2.73. The van der Waals surface area contributed by atoms with E-state index in [2.05, 4.69) is 0 Å². The number of hydrogen-bond donors (Lipinski definition) is 2. The van der Waals surface area contributed by atoms with E-state index in [0.29, 0.717) is 21.7 Å². The fourth-order valence-electron chi connectivity index (χ4n) is 1.73. The minimum absolute atomic E-state index is 0.0917. The van der Waals surface area contributed by atoms with Gasteiger partial charge in [-0.3, -0.25) is 4.79 Å². The van der Waals surface area contributed by atoms with Gasteiger partial charge in [-0.1, -0.05) is 11.6 Å². The minimum Gasteiger partial charge on any atom is -0.481 e. The standard InChI is InChI=1S/C12H15ClFNO2/c1-6-5-8(13)7(2)11(12(6)14)9(15)3-4-10(16)17/h5,9H,3-4,15H2,1-2H3,(H,16,17). The van der Waals surface area contributed by atoms with Crippen molar-refractivity contribution in [2.75, 3.05) is 0 Å². The molecule has 5 heteroatoms. The molecule has 0 aliphatic heterocycles. The van der Waals surface area contributed by atoms with Gasteiger partial charge in [-0.15, -0.1) is 0 Å². The summed E-state index contributed by atoms with van der Waals surface area (Å²) in [6, 6.07) is 0.892. The maximum absolute atomic E-state index is 13.9. The Hall–Kier alpha value is -1.13. The molecule has 0 bridgehead atoms. The van der Waals surface area contributed by atoms with Crippen LogP contribution in [0.4, 0.5) is 4.39 Å². The Labute approximate surface area is 104 Å². The van der Waals surface area contributed by atoms with E-state index in [1.165, 1.54) is 0 Å². The first-order chi connectivity index (χ1) is 7.84. The van der Waals surface area contributed by atoms with Crippen molar-refractivity contribution in [2.24, 2.45) is 5.73 Å². The van der Waals surface area contributed by atoms with Crippen molar-refractivity contribution in [3.05, 3.63) is 33.6 Å². The van der Waals surface area contributed by atoms with E-state index in [1.807, 2.05) is 0 Å². The van der Waals surface area contributed by atoms with Crippen LogP contribution in [0.1, 0.15) is 35.6 Å². The van der Waals surface area contributed by atoms with Crippen LogP contribution in [0.3, 0.4) is 0 Å². The molecular formula is C12H15ClFNO2. The third kappa shape index (κ3) is 3.17. The van der Waals surface area contributed by atoms with E-state index < -0.39 is 17.8 Å². The molecule has 0 aliphatic carbocycles. The van der Waals surface area contributed by atoms with Gasteiger partial charge in [0, 0.05) is 23.0 Å². The number of benzene rings is 1. The summed E-state index contributed by atoms with van der Waals surface area (Å²) in [5.41, 5.74) is 7.13. The fourth-order valence-corrected chi connectivity index (χ4v) is 2.00. The van der Waals surface area contributed by atoms with Crippen molar-refractivity contribution in [1.29, 1.82) is 0 Å². The lowest BCUT2D eigenvalue weighted by atomic mass is 9.95.